The number of aryl methyl sites for hydroxylation is 3. The van der Waals surface area contributed by atoms with Gasteiger partial charge >= 0.3 is 0 Å². The Balaban J connectivity index is 1.73. The fourth-order valence-corrected chi connectivity index (χ4v) is 3.75. The Morgan fingerprint density at radius 2 is 2.05 bits per heavy atom. The van der Waals surface area contributed by atoms with Crippen LogP contribution >= 0.6 is 11.8 Å². The van der Waals surface area contributed by atoms with Crippen LogP contribution in [0.25, 0.3) is 0 Å². The lowest BCUT2D eigenvalue weighted by atomic mass is 10.1. The summed E-state index contributed by atoms with van der Waals surface area (Å²) in [6, 6.07) is 9.35. The molecule has 1 fully saturated rings. The first-order valence-electron chi connectivity index (χ1n) is 7.58. The molecule has 0 amide bonds. The smallest absolute Gasteiger partial charge is 0.0987 e. The van der Waals surface area contributed by atoms with Crippen molar-refractivity contribution in [2.75, 3.05) is 0 Å². The van der Waals surface area contributed by atoms with Gasteiger partial charge in [-0.3, -0.25) is 4.68 Å². The zero-order valence-electron chi connectivity index (χ0n) is 13.0. The molecule has 1 aromatic heterocycles. The lowest BCUT2D eigenvalue weighted by molar-refractivity contribution is 0.658. The summed E-state index contributed by atoms with van der Waals surface area (Å²) >= 11 is 1.89. The maximum absolute atomic E-state index is 4.60. The molecule has 0 aliphatic heterocycles. The average Bonchev–Trinajstić information content (AvgIpc) is 3.23. The molecule has 0 unspecified atom stereocenters. The van der Waals surface area contributed by atoms with Gasteiger partial charge in [-0.2, -0.15) is 5.10 Å². The Kier molecular flexibility index (Phi) is 4.36. The van der Waals surface area contributed by atoms with Crippen molar-refractivity contribution in [2.24, 2.45) is 7.05 Å². The molecule has 4 heteroatoms. The lowest BCUT2D eigenvalue weighted by Crippen LogP contribution is -2.16. The fourth-order valence-electron chi connectivity index (χ4n) is 2.52. The van der Waals surface area contributed by atoms with Gasteiger partial charge in [-0.25, -0.2) is 0 Å². The van der Waals surface area contributed by atoms with Gasteiger partial charge in [0.1, 0.15) is 0 Å². The van der Waals surface area contributed by atoms with Crippen molar-refractivity contribution < 1.29 is 0 Å². The molecular formula is C17H23N3S. The zero-order chi connectivity index (χ0) is 14.8. The molecule has 0 radical (unpaired) electrons. The van der Waals surface area contributed by atoms with Crippen molar-refractivity contribution in [3.05, 3.63) is 46.6 Å². The number of rotatable bonds is 6. The Labute approximate surface area is 131 Å². The average molecular weight is 301 g/mol. The Bertz CT molecular complexity index is 629. The van der Waals surface area contributed by atoms with Crippen molar-refractivity contribution in [2.45, 2.75) is 50.1 Å². The van der Waals surface area contributed by atoms with Crippen LogP contribution in [0.5, 0.6) is 0 Å². The SMILES string of the molecule is Cc1ccccc1CSc1c(CNC2CC2)c(C)nn1C. The first-order valence-corrected chi connectivity index (χ1v) is 8.57. The predicted octanol–water partition coefficient (Wildman–Crippen LogP) is 3.58. The highest BCUT2D eigenvalue weighted by molar-refractivity contribution is 7.98. The number of hydrogen-bond acceptors (Lipinski definition) is 3. The number of thioether (sulfide) groups is 1. The zero-order valence-corrected chi connectivity index (χ0v) is 13.8. The first-order chi connectivity index (χ1) is 10.1. The van der Waals surface area contributed by atoms with Gasteiger partial charge in [0.15, 0.2) is 0 Å². The summed E-state index contributed by atoms with van der Waals surface area (Å²) in [7, 11) is 2.05. The molecule has 1 aliphatic carbocycles. The molecule has 3 nitrogen and oxygen atoms in total. The quantitative estimate of drug-likeness (QED) is 0.827. The lowest BCUT2D eigenvalue weighted by Gasteiger charge is -2.09. The first kappa shape index (κ1) is 14.7. The van der Waals surface area contributed by atoms with E-state index in [9.17, 15) is 0 Å². The van der Waals surface area contributed by atoms with Gasteiger partial charge in [-0.05, 0) is 37.8 Å². The summed E-state index contributed by atoms with van der Waals surface area (Å²) in [6.07, 6.45) is 2.65. The molecular weight excluding hydrogens is 278 g/mol. The van der Waals surface area contributed by atoms with Crippen molar-refractivity contribution in [1.82, 2.24) is 15.1 Å². The van der Waals surface area contributed by atoms with Gasteiger partial charge < -0.3 is 5.32 Å². The molecule has 3 rings (SSSR count). The Hall–Kier alpha value is -1.26. The number of nitrogens with one attached hydrogen (secondary N) is 1. The minimum atomic E-state index is 0.735. The highest BCUT2D eigenvalue weighted by atomic mass is 32.2. The Morgan fingerprint density at radius 3 is 2.76 bits per heavy atom. The summed E-state index contributed by atoms with van der Waals surface area (Å²) in [5.74, 6) is 1.00. The second kappa shape index (κ2) is 6.24. The van der Waals surface area contributed by atoms with E-state index in [4.69, 9.17) is 0 Å². The van der Waals surface area contributed by atoms with E-state index >= 15 is 0 Å². The van der Waals surface area contributed by atoms with Gasteiger partial charge in [0.2, 0.25) is 0 Å². The van der Waals surface area contributed by atoms with Crippen LogP contribution in [0, 0.1) is 13.8 Å². The van der Waals surface area contributed by atoms with E-state index in [1.165, 1.54) is 34.6 Å². The molecule has 0 bridgehead atoms. The summed E-state index contributed by atoms with van der Waals surface area (Å²) in [6.45, 7) is 5.24. The van der Waals surface area contributed by atoms with Gasteiger partial charge in [0.25, 0.3) is 0 Å². The summed E-state index contributed by atoms with van der Waals surface area (Å²) in [5.41, 5.74) is 5.28. The maximum Gasteiger partial charge on any atom is 0.0987 e. The molecule has 112 valence electrons. The topological polar surface area (TPSA) is 29.9 Å². The van der Waals surface area contributed by atoms with E-state index < -0.39 is 0 Å². The van der Waals surface area contributed by atoms with Crippen LogP contribution in [0.2, 0.25) is 0 Å². The highest BCUT2D eigenvalue weighted by Crippen LogP contribution is 2.29. The number of nitrogens with zero attached hydrogens (tertiary/aromatic N) is 2. The van der Waals surface area contributed by atoms with Gasteiger partial charge in [0.05, 0.1) is 10.7 Å². The fraction of sp³-hybridized carbons (Fsp3) is 0.471. The number of benzene rings is 1. The van der Waals surface area contributed by atoms with Gasteiger partial charge in [-0.15, -0.1) is 11.8 Å². The highest BCUT2D eigenvalue weighted by Gasteiger charge is 2.22. The van der Waals surface area contributed by atoms with Crippen molar-refractivity contribution >= 4 is 11.8 Å². The van der Waals surface area contributed by atoms with Crippen LogP contribution in [0.3, 0.4) is 0 Å². The van der Waals surface area contributed by atoms with E-state index in [-0.39, 0.29) is 0 Å². The van der Waals surface area contributed by atoms with E-state index in [0.717, 1.165) is 24.0 Å². The molecule has 0 spiro atoms. The van der Waals surface area contributed by atoms with Crippen LogP contribution in [0.1, 0.15) is 35.2 Å². The van der Waals surface area contributed by atoms with Crippen molar-refractivity contribution in [1.29, 1.82) is 0 Å². The molecule has 0 saturated heterocycles. The largest absolute Gasteiger partial charge is 0.310 e. The van der Waals surface area contributed by atoms with Crippen LogP contribution in [-0.2, 0) is 19.3 Å². The van der Waals surface area contributed by atoms with Crippen molar-refractivity contribution in [3.8, 4) is 0 Å². The third-order valence-corrected chi connectivity index (χ3v) is 5.30. The Morgan fingerprint density at radius 1 is 1.29 bits per heavy atom. The second-order valence-electron chi connectivity index (χ2n) is 5.86. The third kappa shape index (κ3) is 3.50. The van der Waals surface area contributed by atoms with Crippen molar-refractivity contribution in [3.63, 3.8) is 0 Å². The number of hydrogen-bond donors (Lipinski definition) is 1. The molecule has 1 N–H and O–H groups in total. The molecule has 21 heavy (non-hydrogen) atoms. The molecule has 1 heterocycles. The summed E-state index contributed by atoms with van der Waals surface area (Å²) in [5, 5.41) is 9.51. The van der Waals surface area contributed by atoms with Crippen LogP contribution in [0.15, 0.2) is 29.3 Å². The van der Waals surface area contributed by atoms with Gasteiger partial charge in [0, 0.05) is 31.0 Å². The van der Waals surface area contributed by atoms with Crippen LogP contribution in [0.4, 0.5) is 0 Å². The van der Waals surface area contributed by atoms with Crippen LogP contribution in [-0.4, -0.2) is 15.8 Å². The second-order valence-corrected chi connectivity index (χ2v) is 6.83. The predicted molar refractivity (Wildman–Crippen MR) is 88.5 cm³/mol. The minimum Gasteiger partial charge on any atom is -0.310 e. The van der Waals surface area contributed by atoms with E-state index in [2.05, 4.69) is 48.5 Å². The normalized spacial score (nSPS) is 14.6. The van der Waals surface area contributed by atoms with Gasteiger partial charge in [-0.1, -0.05) is 24.3 Å². The third-order valence-electron chi connectivity index (χ3n) is 4.06. The van der Waals surface area contributed by atoms with E-state index in [0.29, 0.717) is 0 Å². The van der Waals surface area contributed by atoms with E-state index in [1.807, 2.05) is 23.5 Å². The standard InChI is InChI=1S/C17H23N3S/c1-12-6-4-5-7-14(12)11-21-17-16(10-18-15-8-9-15)13(2)19-20(17)3/h4-7,15,18H,8-11H2,1-3H3. The monoisotopic (exact) mass is 301 g/mol. The minimum absolute atomic E-state index is 0.735. The summed E-state index contributed by atoms with van der Waals surface area (Å²) in [4.78, 5) is 0. The van der Waals surface area contributed by atoms with E-state index in [1.54, 1.807) is 0 Å². The maximum atomic E-state index is 4.60. The summed E-state index contributed by atoms with van der Waals surface area (Å²) < 4.78 is 2.03. The molecule has 0 atom stereocenters. The molecule has 1 aromatic carbocycles. The molecule has 1 aliphatic rings. The molecule has 2 aromatic rings. The molecule has 1 saturated carbocycles. The van der Waals surface area contributed by atoms with Crippen LogP contribution < -0.4 is 5.32 Å². The number of aromatic nitrogens is 2.